The van der Waals surface area contributed by atoms with E-state index in [1.165, 1.54) is 18.2 Å². The van der Waals surface area contributed by atoms with E-state index in [0.717, 1.165) is 24.3 Å². The Bertz CT molecular complexity index is 664. The smallest absolute Gasteiger partial charge is 0.366 e. The first kappa shape index (κ1) is 14.0. The van der Waals surface area contributed by atoms with Gasteiger partial charge in [0.15, 0.2) is 0 Å². The summed E-state index contributed by atoms with van der Waals surface area (Å²) >= 11 is 0. The minimum absolute atomic E-state index is 0.164. The maximum absolute atomic E-state index is 13.3. The highest BCUT2D eigenvalue weighted by molar-refractivity contribution is 6.00. The molecule has 0 aromatic heterocycles. The SMILES string of the molecule is NC(=O)c1ccc(F)cc1-c1ccccc1C(F)(F)F. The summed E-state index contributed by atoms with van der Waals surface area (Å²) in [6, 6.07) is 7.54. The standard InChI is InChI=1S/C14H9F4NO/c15-8-5-6-10(13(19)20)11(7-8)9-3-1-2-4-12(9)14(16,17)18/h1-7H,(H2,19,20). The Morgan fingerprint density at radius 3 is 2.25 bits per heavy atom. The van der Waals surface area contributed by atoms with E-state index in [1.54, 1.807) is 0 Å². The highest BCUT2D eigenvalue weighted by Crippen LogP contribution is 2.38. The maximum Gasteiger partial charge on any atom is 0.417 e. The second-order valence-electron chi connectivity index (χ2n) is 4.10. The number of amides is 1. The summed E-state index contributed by atoms with van der Waals surface area (Å²) in [5.74, 6) is -1.67. The molecule has 104 valence electrons. The Morgan fingerprint density at radius 2 is 1.65 bits per heavy atom. The van der Waals surface area contributed by atoms with Crippen LogP contribution in [0.15, 0.2) is 42.5 Å². The van der Waals surface area contributed by atoms with Crippen LogP contribution in [0.4, 0.5) is 17.6 Å². The molecule has 6 heteroatoms. The van der Waals surface area contributed by atoms with E-state index in [1.807, 2.05) is 0 Å². The van der Waals surface area contributed by atoms with Gasteiger partial charge in [-0.1, -0.05) is 18.2 Å². The molecule has 0 unspecified atom stereocenters. The summed E-state index contributed by atoms with van der Waals surface area (Å²) < 4.78 is 52.2. The summed E-state index contributed by atoms with van der Waals surface area (Å²) in [5.41, 5.74) is 3.54. The van der Waals surface area contributed by atoms with Crippen molar-refractivity contribution in [2.75, 3.05) is 0 Å². The van der Waals surface area contributed by atoms with Crippen LogP contribution in [0.1, 0.15) is 15.9 Å². The number of carbonyl (C=O) groups excluding carboxylic acids is 1. The highest BCUT2D eigenvalue weighted by Gasteiger charge is 2.34. The third-order valence-electron chi connectivity index (χ3n) is 2.77. The van der Waals surface area contributed by atoms with Crippen molar-refractivity contribution in [2.24, 2.45) is 5.73 Å². The summed E-state index contributed by atoms with van der Waals surface area (Å²) in [6.45, 7) is 0. The molecule has 1 amide bonds. The zero-order chi connectivity index (χ0) is 14.9. The molecule has 0 aliphatic carbocycles. The molecule has 0 atom stereocenters. The maximum atomic E-state index is 13.3. The zero-order valence-corrected chi connectivity index (χ0v) is 10.0. The number of nitrogens with two attached hydrogens (primary N) is 1. The van der Waals surface area contributed by atoms with Gasteiger partial charge in [-0.3, -0.25) is 4.79 Å². The van der Waals surface area contributed by atoms with Crippen LogP contribution in [0, 0.1) is 5.82 Å². The first-order valence-corrected chi connectivity index (χ1v) is 5.56. The van der Waals surface area contributed by atoms with E-state index in [4.69, 9.17) is 5.73 Å². The second kappa shape index (κ2) is 4.96. The van der Waals surface area contributed by atoms with E-state index < -0.39 is 23.5 Å². The number of halogens is 4. The molecule has 0 radical (unpaired) electrons. The van der Waals surface area contributed by atoms with E-state index in [9.17, 15) is 22.4 Å². The first-order chi connectivity index (χ1) is 9.30. The molecule has 0 fully saturated rings. The van der Waals surface area contributed by atoms with Gasteiger partial charge >= 0.3 is 6.18 Å². The normalized spacial score (nSPS) is 11.4. The molecule has 0 aliphatic rings. The predicted octanol–water partition coefficient (Wildman–Crippen LogP) is 3.61. The molecule has 2 rings (SSSR count). The molecule has 2 aromatic carbocycles. The van der Waals surface area contributed by atoms with Crippen molar-refractivity contribution in [1.82, 2.24) is 0 Å². The van der Waals surface area contributed by atoms with Gasteiger partial charge in [-0.25, -0.2) is 4.39 Å². The fourth-order valence-corrected chi connectivity index (χ4v) is 1.92. The molecular weight excluding hydrogens is 274 g/mol. The average molecular weight is 283 g/mol. The van der Waals surface area contributed by atoms with E-state index in [2.05, 4.69) is 0 Å². The van der Waals surface area contributed by atoms with E-state index >= 15 is 0 Å². The molecule has 0 saturated heterocycles. The summed E-state index contributed by atoms with van der Waals surface area (Å²) in [4.78, 5) is 11.3. The summed E-state index contributed by atoms with van der Waals surface area (Å²) in [5, 5.41) is 0. The lowest BCUT2D eigenvalue weighted by Gasteiger charge is -2.14. The van der Waals surface area contributed by atoms with Crippen molar-refractivity contribution < 1.29 is 22.4 Å². The van der Waals surface area contributed by atoms with Gasteiger partial charge < -0.3 is 5.73 Å². The third-order valence-corrected chi connectivity index (χ3v) is 2.77. The Balaban J connectivity index is 2.75. The van der Waals surface area contributed by atoms with Crippen LogP contribution < -0.4 is 5.73 Å². The molecule has 0 heterocycles. The lowest BCUT2D eigenvalue weighted by Crippen LogP contribution is -2.14. The molecule has 0 spiro atoms. The molecule has 0 bridgehead atoms. The van der Waals surface area contributed by atoms with Crippen LogP contribution in [0.2, 0.25) is 0 Å². The Kier molecular flexibility index (Phi) is 3.48. The Hall–Kier alpha value is -2.37. The molecular formula is C14H9F4NO. The molecule has 0 aliphatic heterocycles. The average Bonchev–Trinajstić information content (AvgIpc) is 2.37. The van der Waals surface area contributed by atoms with E-state index in [0.29, 0.717) is 0 Å². The van der Waals surface area contributed by atoms with Gasteiger partial charge in [-0.15, -0.1) is 0 Å². The highest BCUT2D eigenvalue weighted by atomic mass is 19.4. The molecule has 2 nitrogen and oxygen atoms in total. The van der Waals surface area contributed by atoms with Crippen LogP contribution >= 0.6 is 0 Å². The van der Waals surface area contributed by atoms with Gasteiger partial charge in [0.25, 0.3) is 0 Å². The molecule has 2 N–H and O–H groups in total. The lowest BCUT2D eigenvalue weighted by atomic mass is 9.94. The first-order valence-electron chi connectivity index (χ1n) is 5.56. The number of hydrogen-bond donors (Lipinski definition) is 1. The fraction of sp³-hybridized carbons (Fsp3) is 0.0714. The number of alkyl halides is 3. The Labute approximate surface area is 111 Å². The van der Waals surface area contributed by atoms with Gasteiger partial charge in [0.1, 0.15) is 5.82 Å². The van der Waals surface area contributed by atoms with Gasteiger partial charge in [-0.2, -0.15) is 13.2 Å². The fourth-order valence-electron chi connectivity index (χ4n) is 1.92. The van der Waals surface area contributed by atoms with Gasteiger partial charge in [0.2, 0.25) is 5.91 Å². The van der Waals surface area contributed by atoms with Crippen molar-refractivity contribution in [3.8, 4) is 11.1 Å². The van der Waals surface area contributed by atoms with Crippen molar-refractivity contribution in [1.29, 1.82) is 0 Å². The quantitative estimate of drug-likeness (QED) is 0.841. The van der Waals surface area contributed by atoms with Gasteiger partial charge in [0, 0.05) is 5.56 Å². The minimum Gasteiger partial charge on any atom is -0.366 e. The Morgan fingerprint density at radius 1 is 1.00 bits per heavy atom. The second-order valence-corrected chi connectivity index (χ2v) is 4.10. The largest absolute Gasteiger partial charge is 0.417 e. The number of benzene rings is 2. The predicted molar refractivity (Wildman–Crippen MR) is 65.4 cm³/mol. The molecule has 0 saturated carbocycles. The van der Waals surface area contributed by atoms with E-state index in [-0.39, 0.29) is 16.7 Å². The van der Waals surface area contributed by atoms with Crippen LogP contribution in [-0.2, 0) is 6.18 Å². The number of primary amides is 1. The number of rotatable bonds is 2. The summed E-state index contributed by atoms with van der Waals surface area (Å²) in [6.07, 6.45) is -4.61. The van der Waals surface area contributed by atoms with Gasteiger partial charge in [-0.05, 0) is 35.4 Å². The monoisotopic (exact) mass is 283 g/mol. The topological polar surface area (TPSA) is 43.1 Å². The third kappa shape index (κ3) is 2.64. The van der Waals surface area contributed by atoms with Crippen LogP contribution in [0.3, 0.4) is 0 Å². The number of hydrogen-bond acceptors (Lipinski definition) is 1. The molecule has 20 heavy (non-hydrogen) atoms. The zero-order valence-electron chi connectivity index (χ0n) is 10.0. The van der Waals surface area contributed by atoms with Crippen molar-refractivity contribution in [3.63, 3.8) is 0 Å². The van der Waals surface area contributed by atoms with Crippen LogP contribution in [-0.4, -0.2) is 5.91 Å². The van der Waals surface area contributed by atoms with Crippen LogP contribution in [0.5, 0.6) is 0 Å². The summed E-state index contributed by atoms with van der Waals surface area (Å²) in [7, 11) is 0. The lowest BCUT2D eigenvalue weighted by molar-refractivity contribution is -0.137. The van der Waals surface area contributed by atoms with Gasteiger partial charge in [0.05, 0.1) is 5.56 Å². The van der Waals surface area contributed by atoms with Crippen LogP contribution in [0.25, 0.3) is 11.1 Å². The van der Waals surface area contributed by atoms with Crippen molar-refractivity contribution in [3.05, 3.63) is 59.4 Å². The van der Waals surface area contributed by atoms with Crippen molar-refractivity contribution in [2.45, 2.75) is 6.18 Å². The number of carbonyl (C=O) groups is 1. The molecule has 2 aromatic rings. The minimum atomic E-state index is -4.61. The van der Waals surface area contributed by atoms with Crippen molar-refractivity contribution >= 4 is 5.91 Å².